The average Bonchev–Trinajstić information content (AvgIpc) is 3.03. The monoisotopic (exact) mass is 424 g/mol. The molecule has 0 saturated heterocycles. The summed E-state index contributed by atoms with van der Waals surface area (Å²) in [5.41, 5.74) is 3.97. The summed E-state index contributed by atoms with van der Waals surface area (Å²) in [6.07, 6.45) is 10.5. The first kappa shape index (κ1) is 21.1. The van der Waals surface area contributed by atoms with E-state index in [1.54, 1.807) is 26.2 Å². The van der Waals surface area contributed by atoms with Crippen LogP contribution in [0.15, 0.2) is 81.2 Å². The van der Waals surface area contributed by atoms with Crippen molar-refractivity contribution in [3.8, 4) is 6.07 Å². The van der Waals surface area contributed by atoms with E-state index in [9.17, 15) is 14.9 Å². The third-order valence-corrected chi connectivity index (χ3v) is 6.23. The molecule has 0 fully saturated rings. The first-order valence-corrected chi connectivity index (χ1v) is 10.3. The molecule has 2 aliphatic heterocycles. The van der Waals surface area contributed by atoms with Crippen LogP contribution in [0.1, 0.15) is 19.4 Å². The zero-order chi connectivity index (χ0) is 23.2. The number of para-hydroxylation sites is 1. The Morgan fingerprint density at radius 2 is 1.78 bits per heavy atom. The summed E-state index contributed by atoms with van der Waals surface area (Å²) in [6.45, 7) is 8.08. The van der Waals surface area contributed by atoms with Crippen LogP contribution in [0.2, 0.25) is 0 Å². The van der Waals surface area contributed by atoms with Crippen molar-refractivity contribution in [2.75, 3.05) is 4.90 Å². The summed E-state index contributed by atoms with van der Waals surface area (Å²) >= 11 is 0. The summed E-state index contributed by atoms with van der Waals surface area (Å²) in [6, 6.07) is 10.5. The average molecular weight is 425 g/mol. The van der Waals surface area contributed by atoms with Crippen LogP contribution >= 0.6 is 0 Å². The minimum atomic E-state index is -0.422. The number of allylic oxidation sites excluding steroid dienone is 7. The lowest BCUT2D eigenvalue weighted by molar-refractivity contribution is 0.641. The Morgan fingerprint density at radius 3 is 2.44 bits per heavy atom. The Kier molecular flexibility index (Phi) is 4.98. The molecule has 0 spiro atoms. The van der Waals surface area contributed by atoms with Gasteiger partial charge in [-0.05, 0) is 41.5 Å². The number of hydrogen-bond acceptors (Lipinski definition) is 4. The van der Waals surface area contributed by atoms with E-state index in [-0.39, 0.29) is 10.6 Å². The van der Waals surface area contributed by atoms with Crippen LogP contribution in [0.25, 0.3) is 12.7 Å². The zero-order valence-corrected chi connectivity index (χ0v) is 18.6. The highest BCUT2D eigenvalue weighted by Gasteiger charge is 2.40. The topological polar surface area (TPSA) is 71.0 Å². The molecule has 0 radical (unpaired) electrons. The van der Waals surface area contributed by atoms with E-state index in [4.69, 9.17) is 0 Å². The van der Waals surface area contributed by atoms with Crippen molar-refractivity contribution in [3.63, 3.8) is 0 Å². The van der Waals surface area contributed by atoms with Gasteiger partial charge in [-0.3, -0.25) is 18.7 Å². The Balaban J connectivity index is 1.78. The number of nitriles is 1. The van der Waals surface area contributed by atoms with Gasteiger partial charge in [0.25, 0.3) is 11.1 Å². The molecular weight excluding hydrogens is 400 g/mol. The van der Waals surface area contributed by atoms with Crippen LogP contribution < -0.4 is 26.7 Å². The van der Waals surface area contributed by atoms with Crippen LogP contribution in [0.5, 0.6) is 0 Å². The second-order valence-corrected chi connectivity index (χ2v) is 8.42. The van der Waals surface area contributed by atoms with Crippen molar-refractivity contribution < 1.29 is 0 Å². The number of aromatic nitrogens is 2. The van der Waals surface area contributed by atoms with E-state index in [2.05, 4.69) is 43.5 Å². The smallest absolute Gasteiger partial charge is 0.264 e. The summed E-state index contributed by atoms with van der Waals surface area (Å²) in [5.74, 6) is 0. The maximum atomic E-state index is 12.5. The number of benzene rings is 1. The summed E-state index contributed by atoms with van der Waals surface area (Å²) in [4.78, 5) is 27.1. The predicted octanol–water partition coefficient (Wildman–Crippen LogP) is 1.86. The highest BCUT2D eigenvalue weighted by molar-refractivity contribution is 5.75. The van der Waals surface area contributed by atoms with Crippen LogP contribution in [0, 0.1) is 11.3 Å². The van der Waals surface area contributed by atoms with Gasteiger partial charge in [-0.2, -0.15) is 5.26 Å². The molecule has 0 N–H and O–H groups in total. The highest BCUT2D eigenvalue weighted by atomic mass is 16.1. The van der Waals surface area contributed by atoms with Crippen LogP contribution in [-0.2, 0) is 19.5 Å². The SMILES string of the molecule is C=c1n(C)c(=O)c(=CC=CC(C#N)=C2C=CN3C(=C2)C(C)(C)c2ccccc23)c(=O)n1C. The van der Waals surface area contributed by atoms with Gasteiger partial charge < -0.3 is 4.90 Å². The minimum Gasteiger partial charge on any atom is -0.320 e. The number of anilines is 1. The fraction of sp³-hybridized carbons (Fsp3) is 0.192. The number of nitrogens with zero attached hydrogens (tertiary/aromatic N) is 4. The molecule has 0 bridgehead atoms. The van der Waals surface area contributed by atoms with Gasteiger partial charge in [-0.25, -0.2) is 0 Å². The molecule has 0 atom stereocenters. The Labute approximate surface area is 186 Å². The molecule has 6 heteroatoms. The fourth-order valence-electron chi connectivity index (χ4n) is 4.20. The van der Waals surface area contributed by atoms with E-state index in [1.807, 2.05) is 30.5 Å². The Hall–Kier alpha value is -4.11. The van der Waals surface area contributed by atoms with Crippen molar-refractivity contribution in [2.45, 2.75) is 19.3 Å². The second-order valence-electron chi connectivity index (χ2n) is 8.42. The van der Waals surface area contributed by atoms with Gasteiger partial charge in [0, 0.05) is 37.1 Å². The van der Waals surface area contributed by atoms with Gasteiger partial charge in [-0.15, -0.1) is 0 Å². The molecule has 1 aromatic heterocycles. The largest absolute Gasteiger partial charge is 0.320 e. The molecule has 1 aromatic carbocycles. The van der Waals surface area contributed by atoms with E-state index in [0.717, 1.165) is 17.0 Å². The molecule has 32 heavy (non-hydrogen) atoms. The summed E-state index contributed by atoms with van der Waals surface area (Å²) in [7, 11) is 3.14. The van der Waals surface area contributed by atoms with E-state index in [1.165, 1.54) is 20.8 Å². The van der Waals surface area contributed by atoms with E-state index in [0.29, 0.717) is 11.1 Å². The maximum absolute atomic E-state index is 12.5. The lowest BCUT2D eigenvalue weighted by Crippen LogP contribution is -2.56. The van der Waals surface area contributed by atoms with Gasteiger partial charge in [-0.1, -0.05) is 44.7 Å². The van der Waals surface area contributed by atoms with Crippen LogP contribution in [-0.4, -0.2) is 9.13 Å². The van der Waals surface area contributed by atoms with Crippen molar-refractivity contribution in [1.29, 1.82) is 5.26 Å². The normalized spacial score (nSPS) is 17.6. The highest BCUT2D eigenvalue weighted by Crippen LogP contribution is 2.49. The standard InChI is InChI=1S/C26H24N4O2/c1-17-28(4)24(31)20(25(32)29(17)5)10-8-9-19(16-27)18-13-14-30-22-12-7-6-11-21(22)26(2,3)23(30)15-18/h6-15H,1H2,2-5H3. The molecule has 0 unspecified atom stereocenters. The number of hydrogen-bond donors (Lipinski definition) is 0. The third-order valence-electron chi connectivity index (χ3n) is 6.23. The first-order valence-electron chi connectivity index (χ1n) is 10.3. The summed E-state index contributed by atoms with van der Waals surface area (Å²) < 4.78 is 2.65. The van der Waals surface area contributed by atoms with Gasteiger partial charge in [0.1, 0.15) is 10.7 Å². The molecule has 4 rings (SSSR count). The Morgan fingerprint density at radius 1 is 1.12 bits per heavy atom. The fourth-order valence-corrected chi connectivity index (χ4v) is 4.20. The van der Waals surface area contributed by atoms with Gasteiger partial charge >= 0.3 is 0 Å². The third kappa shape index (κ3) is 3.10. The molecule has 0 saturated carbocycles. The minimum absolute atomic E-state index is 0.0250. The van der Waals surface area contributed by atoms with Gasteiger partial charge in [0.15, 0.2) is 0 Å². The van der Waals surface area contributed by atoms with Gasteiger partial charge in [0.05, 0.1) is 11.6 Å². The predicted molar refractivity (Wildman–Crippen MR) is 127 cm³/mol. The van der Waals surface area contributed by atoms with Crippen LogP contribution in [0.3, 0.4) is 0 Å². The molecule has 0 aliphatic carbocycles. The van der Waals surface area contributed by atoms with Gasteiger partial charge in [0.2, 0.25) is 0 Å². The first-order chi connectivity index (χ1) is 15.2. The number of rotatable bonds is 2. The lowest BCUT2D eigenvalue weighted by Gasteiger charge is -2.27. The number of fused-ring (bicyclic) bond motifs is 3. The molecule has 2 aliphatic rings. The quantitative estimate of drug-likeness (QED) is 0.690. The molecule has 0 amide bonds. The summed E-state index contributed by atoms with van der Waals surface area (Å²) in [5, 5.41) is 9.79. The molecule has 3 heterocycles. The van der Waals surface area contributed by atoms with Crippen molar-refractivity contribution in [3.05, 3.63) is 109 Å². The van der Waals surface area contributed by atoms with Crippen molar-refractivity contribution >= 4 is 18.3 Å². The molecule has 6 nitrogen and oxygen atoms in total. The molecular formula is C26H24N4O2. The zero-order valence-electron chi connectivity index (χ0n) is 18.6. The Bertz CT molecular complexity index is 1490. The molecule has 2 aromatic rings. The van der Waals surface area contributed by atoms with Crippen LogP contribution in [0.4, 0.5) is 5.69 Å². The second kappa shape index (κ2) is 7.54. The van der Waals surface area contributed by atoms with Crippen molar-refractivity contribution in [1.82, 2.24) is 9.13 Å². The van der Waals surface area contributed by atoms with Crippen molar-refractivity contribution in [2.24, 2.45) is 14.1 Å². The lowest BCUT2D eigenvalue weighted by atomic mass is 9.82. The maximum Gasteiger partial charge on any atom is 0.264 e. The van der Waals surface area contributed by atoms with E-state index >= 15 is 0 Å². The molecule has 160 valence electrons. The van der Waals surface area contributed by atoms with E-state index < -0.39 is 11.1 Å².